The number of rotatable bonds is 2. The number of likely N-dealkylation sites (tertiary alicyclic amines) is 1. The summed E-state index contributed by atoms with van der Waals surface area (Å²) in [6.45, 7) is 11.4. The Kier molecular flexibility index (Phi) is 4.20. The zero-order chi connectivity index (χ0) is 9.73. The summed E-state index contributed by atoms with van der Waals surface area (Å²) in [6, 6.07) is 0. The van der Waals surface area contributed by atoms with Gasteiger partial charge in [-0.1, -0.05) is 20.8 Å². The predicted molar refractivity (Wildman–Crippen MR) is 58.0 cm³/mol. The van der Waals surface area contributed by atoms with E-state index in [0.29, 0.717) is 5.54 Å². The van der Waals surface area contributed by atoms with E-state index in [-0.39, 0.29) is 0 Å². The summed E-state index contributed by atoms with van der Waals surface area (Å²) in [7, 11) is 0. The summed E-state index contributed by atoms with van der Waals surface area (Å²) >= 11 is 0. The van der Waals surface area contributed by atoms with Crippen LogP contribution in [0, 0.1) is 0 Å². The molecular formula is C11H24N2. The fourth-order valence-electron chi connectivity index (χ4n) is 2.43. The van der Waals surface area contributed by atoms with Crippen LogP contribution in [-0.4, -0.2) is 36.6 Å². The van der Waals surface area contributed by atoms with Crippen molar-refractivity contribution in [1.82, 2.24) is 10.2 Å². The maximum absolute atomic E-state index is 3.39. The zero-order valence-electron chi connectivity index (χ0n) is 9.40. The third kappa shape index (κ3) is 2.05. The van der Waals surface area contributed by atoms with E-state index in [0.717, 1.165) is 0 Å². The van der Waals surface area contributed by atoms with Crippen molar-refractivity contribution in [3.63, 3.8) is 0 Å². The van der Waals surface area contributed by atoms with E-state index in [1.165, 1.54) is 45.4 Å². The largest absolute Gasteiger partial charge is 0.313 e. The van der Waals surface area contributed by atoms with Gasteiger partial charge in [-0.2, -0.15) is 0 Å². The minimum absolute atomic E-state index is 0.607. The SMILES string of the molecule is CC.CCCN1CCCC12CNC2. The van der Waals surface area contributed by atoms with Crippen LogP contribution in [0.3, 0.4) is 0 Å². The lowest BCUT2D eigenvalue weighted by Crippen LogP contribution is -2.66. The molecule has 0 aromatic carbocycles. The van der Waals surface area contributed by atoms with Gasteiger partial charge in [0.05, 0.1) is 0 Å². The lowest BCUT2D eigenvalue weighted by Gasteiger charge is -2.46. The van der Waals surface area contributed by atoms with Crippen LogP contribution in [0.15, 0.2) is 0 Å². The van der Waals surface area contributed by atoms with E-state index in [1.807, 2.05) is 13.8 Å². The molecule has 2 heterocycles. The van der Waals surface area contributed by atoms with Gasteiger partial charge in [0.15, 0.2) is 0 Å². The molecule has 0 atom stereocenters. The molecule has 13 heavy (non-hydrogen) atoms. The highest BCUT2D eigenvalue weighted by atomic mass is 15.3. The fourth-order valence-corrected chi connectivity index (χ4v) is 2.43. The van der Waals surface area contributed by atoms with Crippen molar-refractivity contribution < 1.29 is 0 Å². The van der Waals surface area contributed by atoms with Crippen molar-refractivity contribution in [2.24, 2.45) is 0 Å². The molecule has 0 aromatic rings. The molecule has 0 unspecified atom stereocenters. The van der Waals surface area contributed by atoms with Crippen molar-refractivity contribution in [3.8, 4) is 0 Å². The van der Waals surface area contributed by atoms with Gasteiger partial charge in [0.2, 0.25) is 0 Å². The standard InChI is InChI=1S/C9H18N2.C2H6/c1-2-5-11-6-3-4-9(11)7-10-8-9;1-2/h10H,2-8H2,1H3;1-2H3. The minimum Gasteiger partial charge on any atom is -0.313 e. The Hall–Kier alpha value is -0.0800. The lowest BCUT2D eigenvalue weighted by molar-refractivity contribution is 0.0795. The van der Waals surface area contributed by atoms with Crippen LogP contribution in [0.5, 0.6) is 0 Å². The van der Waals surface area contributed by atoms with E-state index in [1.54, 1.807) is 0 Å². The second-order valence-corrected chi connectivity index (χ2v) is 3.92. The zero-order valence-corrected chi connectivity index (χ0v) is 9.40. The van der Waals surface area contributed by atoms with Crippen LogP contribution in [0.25, 0.3) is 0 Å². The number of hydrogen-bond acceptors (Lipinski definition) is 2. The molecule has 0 saturated carbocycles. The first kappa shape index (κ1) is 11.0. The smallest absolute Gasteiger partial charge is 0.0458 e. The monoisotopic (exact) mass is 184 g/mol. The van der Waals surface area contributed by atoms with E-state index >= 15 is 0 Å². The molecule has 0 aromatic heterocycles. The summed E-state index contributed by atoms with van der Waals surface area (Å²) in [5, 5.41) is 3.39. The third-order valence-electron chi connectivity index (χ3n) is 3.14. The van der Waals surface area contributed by atoms with Gasteiger partial charge >= 0.3 is 0 Å². The molecule has 2 rings (SSSR count). The second kappa shape index (κ2) is 4.97. The molecule has 2 heteroatoms. The van der Waals surface area contributed by atoms with Gasteiger partial charge in [0, 0.05) is 18.6 Å². The molecule has 2 aliphatic heterocycles. The highest BCUT2D eigenvalue weighted by molar-refractivity contribution is 5.05. The van der Waals surface area contributed by atoms with E-state index in [9.17, 15) is 0 Å². The van der Waals surface area contributed by atoms with Crippen molar-refractivity contribution in [3.05, 3.63) is 0 Å². The highest BCUT2D eigenvalue weighted by Gasteiger charge is 2.44. The topological polar surface area (TPSA) is 15.3 Å². The van der Waals surface area contributed by atoms with Crippen LogP contribution in [-0.2, 0) is 0 Å². The summed E-state index contributed by atoms with van der Waals surface area (Å²) in [4.78, 5) is 2.68. The average Bonchev–Trinajstić information content (AvgIpc) is 2.52. The Morgan fingerprint density at radius 1 is 1.31 bits per heavy atom. The molecule has 0 radical (unpaired) electrons. The van der Waals surface area contributed by atoms with Crippen molar-refractivity contribution in [1.29, 1.82) is 0 Å². The van der Waals surface area contributed by atoms with E-state index in [2.05, 4.69) is 17.1 Å². The molecule has 2 fully saturated rings. The van der Waals surface area contributed by atoms with E-state index < -0.39 is 0 Å². The van der Waals surface area contributed by atoms with Crippen molar-refractivity contribution in [2.45, 2.75) is 45.6 Å². The van der Waals surface area contributed by atoms with Crippen molar-refractivity contribution >= 4 is 0 Å². The summed E-state index contributed by atoms with van der Waals surface area (Å²) < 4.78 is 0. The summed E-state index contributed by atoms with van der Waals surface area (Å²) in [5.74, 6) is 0. The summed E-state index contributed by atoms with van der Waals surface area (Å²) in [5.41, 5.74) is 0.607. The number of nitrogens with zero attached hydrogens (tertiary/aromatic N) is 1. The first-order valence-corrected chi connectivity index (χ1v) is 5.83. The molecule has 1 N–H and O–H groups in total. The minimum atomic E-state index is 0.607. The Morgan fingerprint density at radius 2 is 2.00 bits per heavy atom. The molecule has 2 nitrogen and oxygen atoms in total. The van der Waals surface area contributed by atoms with Crippen LogP contribution < -0.4 is 5.32 Å². The Bertz CT molecular complexity index is 141. The molecule has 2 aliphatic rings. The Balaban J connectivity index is 0.000000396. The molecule has 78 valence electrons. The normalized spacial score (nSPS) is 25.2. The maximum Gasteiger partial charge on any atom is 0.0458 e. The van der Waals surface area contributed by atoms with Crippen molar-refractivity contribution in [2.75, 3.05) is 26.2 Å². The van der Waals surface area contributed by atoms with Gasteiger partial charge < -0.3 is 5.32 Å². The quantitative estimate of drug-likeness (QED) is 0.704. The van der Waals surface area contributed by atoms with Gasteiger partial charge in [-0.25, -0.2) is 0 Å². The van der Waals surface area contributed by atoms with Gasteiger partial charge in [-0.05, 0) is 32.4 Å². The third-order valence-corrected chi connectivity index (χ3v) is 3.14. The van der Waals surface area contributed by atoms with Crippen LogP contribution in [0.4, 0.5) is 0 Å². The van der Waals surface area contributed by atoms with Gasteiger partial charge in [-0.3, -0.25) is 4.90 Å². The molecular weight excluding hydrogens is 160 g/mol. The van der Waals surface area contributed by atoms with Gasteiger partial charge in [0.25, 0.3) is 0 Å². The van der Waals surface area contributed by atoms with Crippen LogP contribution in [0.1, 0.15) is 40.0 Å². The molecule has 1 spiro atoms. The summed E-state index contributed by atoms with van der Waals surface area (Å²) in [6.07, 6.45) is 4.16. The first-order valence-electron chi connectivity index (χ1n) is 5.83. The highest BCUT2D eigenvalue weighted by Crippen LogP contribution is 2.32. The van der Waals surface area contributed by atoms with Gasteiger partial charge in [0.1, 0.15) is 0 Å². The lowest BCUT2D eigenvalue weighted by atomic mass is 9.89. The second-order valence-electron chi connectivity index (χ2n) is 3.92. The number of nitrogens with one attached hydrogen (secondary N) is 1. The Morgan fingerprint density at radius 3 is 2.46 bits per heavy atom. The maximum atomic E-state index is 3.39. The molecule has 2 saturated heterocycles. The van der Waals surface area contributed by atoms with Gasteiger partial charge in [-0.15, -0.1) is 0 Å². The molecule has 0 amide bonds. The fraction of sp³-hybridized carbons (Fsp3) is 1.00. The Labute approximate surface area is 82.7 Å². The molecule has 0 bridgehead atoms. The van der Waals surface area contributed by atoms with Crippen LogP contribution in [0.2, 0.25) is 0 Å². The van der Waals surface area contributed by atoms with E-state index in [4.69, 9.17) is 0 Å². The predicted octanol–water partition coefficient (Wildman–Crippen LogP) is 1.86. The average molecular weight is 184 g/mol. The molecule has 0 aliphatic carbocycles. The first-order chi connectivity index (χ1) is 6.37. The van der Waals surface area contributed by atoms with Crippen LogP contribution >= 0.6 is 0 Å². The number of hydrogen-bond donors (Lipinski definition) is 1.